The fourth-order valence-electron chi connectivity index (χ4n) is 2.89. The first-order chi connectivity index (χ1) is 10.4. The molecule has 1 saturated heterocycles. The first kappa shape index (κ1) is 15.9. The van der Waals surface area contributed by atoms with E-state index in [1.165, 1.54) is 0 Å². The minimum Gasteiger partial charge on any atom is -0.245 e. The van der Waals surface area contributed by atoms with Gasteiger partial charge in [0, 0.05) is 16.9 Å². The molecule has 4 nitrogen and oxygen atoms in total. The topological polar surface area (TPSA) is 50.3 Å². The molecule has 0 aliphatic carbocycles. The van der Waals surface area contributed by atoms with E-state index in [1.54, 1.807) is 40.8 Å². The Kier molecular flexibility index (Phi) is 4.29. The molecule has 1 fully saturated rings. The van der Waals surface area contributed by atoms with E-state index in [2.05, 4.69) is 4.98 Å². The Morgan fingerprint density at radius 3 is 2.77 bits per heavy atom. The SMILES string of the molecule is Cc1nc(C2CCCN2S(=O)(=O)c2ccc(Cl)cc2C)cs1. The van der Waals surface area contributed by atoms with E-state index >= 15 is 0 Å². The minimum atomic E-state index is -3.53. The zero-order chi connectivity index (χ0) is 15.9. The zero-order valence-corrected chi connectivity index (χ0v) is 14.8. The molecule has 1 atom stereocenters. The van der Waals surface area contributed by atoms with Crippen molar-refractivity contribution in [3.05, 3.63) is 44.9 Å². The highest BCUT2D eigenvalue weighted by Crippen LogP contribution is 2.37. The normalized spacial score (nSPS) is 19.7. The second-order valence-corrected chi connectivity index (χ2v) is 8.83. The maximum absolute atomic E-state index is 13.0. The Hall–Kier alpha value is -0.950. The van der Waals surface area contributed by atoms with Crippen LogP contribution in [0.4, 0.5) is 0 Å². The van der Waals surface area contributed by atoms with Gasteiger partial charge >= 0.3 is 0 Å². The molecule has 0 N–H and O–H groups in total. The quantitative estimate of drug-likeness (QED) is 0.836. The number of rotatable bonds is 3. The van der Waals surface area contributed by atoms with Crippen LogP contribution in [0.1, 0.15) is 35.1 Å². The van der Waals surface area contributed by atoms with Gasteiger partial charge in [0.05, 0.1) is 21.6 Å². The van der Waals surface area contributed by atoms with Crippen LogP contribution >= 0.6 is 22.9 Å². The summed E-state index contributed by atoms with van der Waals surface area (Å²) in [4.78, 5) is 4.81. The average Bonchev–Trinajstić information content (AvgIpc) is 3.06. The van der Waals surface area contributed by atoms with Crippen LogP contribution in [-0.2, 0) is 10.0 Å². The molecule has 0 spiro atoms. The lowest BCUT2D eigenvalue weighted by atomic mass is 10.2. The Morgan fingerprint density at radius 2 is 2.14 bits per heavy atom. The van der Waals surface area contributed by atoms with E-state index in [-0.39, 0.29) is 6.04 Å². The highest BCUT2D eigenvalue weighted by Gasteiger charge is 2.37. The summed E-state index contributed by atoms with van der Waals surface area (Å²) in [5.74, 6) is 0. The third-order valence-electron chi connectivity index (χ3n) is 3.91. The maximum atomic E-state index is 13.0. The highest BCUT2D eigenvalue weighted by molar-refractivity contribution is 7.89. The number of halogens is 1. The van der Waals surface area contributed by atoms with Crippen molar-refractivity contribution >= 4 is 33.0 Å². The van der Waals surface area contributed by atoms with E-state index in [9.17, 15) is 8.42 Å². The average molecular weight is 357 g/mol. The molecule has 1 aliphatic rings. The van der Waals surface area contributed by atoms with Crippen LogP contribution in [-0.4, -0.2) is 24.3 Å². The molecule has 2 heterocycles. The molecular formula is C15H17ClN2O2S2. The van der Waals surface area contributed by atoms with Gasteiger partial charge in [0.2, 0.25) is 10.0 Å². The smallest absolute Gasteiger partial charge is 0.243 e. The van der Waals surface area contributed by atoms with E-state index in [4.69, 9.17) is 11.6 Å². The first-order valence-corrected chi connectivity index (χ1v) is 9.79. The van der Waals surface area contributed by atoms with E-state index in [1.807, 2.05) is 12.3 Å². The number of hydrogen-bond acceptors (Lipinski definition) is 4. The molecule has 7 heteroatoms. The van der Waals surface area contributed by atoms with E-state index < -0.39 is 10.0 Å². The van der Waals surface area contributed by atoms with Crippen LogP contribution in [0.5, 0.6) is 0 Å². The van der Waals surface area contributed by atoms with Crippen LogP contribution in [0.3, 0.4) is 0 Å². The van der Waals surface area contributed by atoms with E-state index in [0.717, 1.165) is 23.5 Å². The molecule has 0 saturated carbocycles. The molecule has 1 aromatic carbocycles. The summed E-state index contributed by atoms with van der Waals surface area (Å²) < 4.78 is 27.6. The lowest BCUT2D eigenvalue weighted by molar-refractivity contribution is 0.391. The number of aromatic nitrogens is 1. The van der Waals surface area contributed by atoms with Crippen molar-refractivity contribution < 1.29 is 8.42 Å². The van der Waals surface area contributed by atoms with Crippen molar-refractivity contribution in [3.8, 4) is 0 Å². The summed E-state index contributed by atoms with van der Waals surface area (Å²) in [5, 5.41) is 3.47. The van der Waals surface area contributed by atoms with Crippen LogP contribution in [0.25, 0.3) is 0 Å². The molecule has 0 bridgehead atoms. The fraction of sp³-hybridized carbons (Fsp3) is 0.400. The monoisotopic (exact) mass is 356 g/mol. The van der Waals surface area contributed by atoms with Crippen LogP contribution in [0.2, 0.25) is 5.02 Å². The Morgan fingerprint density at radius 1 is 1.36 bits per heavy atom. The number of hydrogen-bond donors (Lipinski definition) is 0. The lowest BCUT2D eigenvalue weighted by Crippen LogP contribution is -2.31. The van der Waals surface area contributed by atoms with Crippen molar-refractivity contribution in [1.82, 2.24) is 9.29 Å². The predicted molar refractivity (Wildman–Crippen MR) is 88.9 cm³/mol. The molecular weight excluding hydrogens is 340 g/mol. The molecule has 1 aromatic heterocycles. The Labute approximate surface area is 139 Å². The van der Waals surface area contributed by atoms with Gasteiger partial charge in [-0.05, 0) is 50.5 Å². The molecule has 1 aliphatic heterocycles. The molecule has 0 amide bonds. The highest BCUT2D eigenvalue weighted by atomic mass is 35.5. The number of benzene rings is 1. The summed E-state index contributed by atoms with van der Waals surface area (Å²) in [6.07, 6.45) is 1.67. The molecule has 3 rings (SSSR count). The van der Waals surface area contributed by atoms with Gasteiger partial charge in [-0.1, -0.05) is 11.6 Å². The standard InChI is InChI=1S/C15H17ClN2O2S2/c1-10-8-12(16)5-6-15(10)22(19,20)18-7-3-4-14(18)13-9-21-11(2)17-13/h5-6,8-9,14H,3-4,7H2,1-2H3. The molecule has 118 valence electrons. The molecule has 2 aromatic rings. The second-order valence-electron chi connectivity index (χ2n) is 5.47. The number of thiazole rings is 1. The molecule has 0 radical (unpaired) electrons. The van der Waals surface area contributed by atoms with Crippen molar-refractivity contribution in [2.75, 3.05) is 6.54 Å². The Bertz CT molecular complexity index is 802. The van der Waals surface area contributed by atoms with Gasteiger partial charge in [0.1, 0.15) is 0 Å². The second kappa shape index (κ2) is 5.92. The van der Waals surface area contributed by atoms with Crippen molar-refractivity contribution in [2.24, 2.45) is 0 Å². The van der Waals surface area contributed by atoms with Crippen molar-refractivity contribution in [3.63, 3.8) is 0 Å². The summed E-state index contributed by atoms with van der Waals surface area (Å²) in [6.45, 7) is 4.24. The first-order valence-electron chi connectivity index (χ1n) is 7.09. The summed E-state index contributed by atoms with van der Waals surface area (Å²) >= 11 is 7.49. The van der Waals surface area contributed by atoms with Gasteiger partial charge in [0.25, 0.3) is 0 Å². The number of aryl methyl sites for hydroxylation is 2. The summed E-state index contributed by atoms with van der Waals surface area (Å²) in [5.41, 5.74) is 1.53. The minimum absolute atomic E-state index is 0.162. The molecule has 22 heavy (non-hydrogen) atoms. The van der Waals surface area contributed by atoms with Crippen LogP contribution in [0.15, 0.2) is 28.5 Å². The van der Waals surface area contributed by atoms with Gasteiger partial charge in [-0.25, -0.2) is 13.4 Å². The zero-order valence-electron chi connectivity index (χ0n) is 12.4. The van der Waals surface area contributed by atoms with Gasteiger partial charge in [-0.15, -0.1) is 11.3 Å². The largest absolute Gasteiger partial charge is 0.245 e. The number of nitrogens with zero attached hydrogens (tertiary/aromatic N) is 2. The number of sulfonamides is 1. The predicted octanol–water partition coefficient (Wildman–Crippen LogP) is 3.94. The fourth-order valence-corrected chi connectivity index (χ4v) is 5.65. The van der Waals surface area contributed by atoms with Gasteiger partial charge < -0.3 is 0 Å². The lowest BCUT2D eigenvalue weighted by Gasteiger charge is -2.23. The van der Waals surface area contributed by atoms with Crippen molar-refractivity contribution in [1.29, 1.82) is 0 Å². The Balaban J connectivity index is 2.00. The van der Waals surface area contributed by atoms with Gasteiger partial charge in [-0.3, -0.25) is 0 Å². The summed E-state index contributed by atoms with van der Waals surface area (Å²) in [6, 6.07) is 4.74. The van der Waals surface area contributed by atoms with Gasteiger partial charge in [0.15, 0.2) is 0 Å². The van der Waals surface area contributed by atoms with Crippen LogP contribution in [0, 0.1) is 13.8 Å². The maximum Gasteiger partial charge on any atom is 0.243 e. The van der Waals surface area contributed by atoms with Gasteiger partial charge in [-0.2, -0.15) is 4.31 Å². The van der Waals surface area contributed by atoms with Crippen molar-refractivity contribution in [2.45, 2.75) is 37.6 Å². The third kappa shape index (κ3) is 2.80. The molecule has 1 unspecified atom stereocenters. The summed E-state index contributed by atoms with van der Waals surface area (Å²) in [7, 11) is -3.53. The van der Waals surface area contributed by atoms with Crippen LogP contribution < -0.4 is 0 Å². The third-order valence-corrected chi connectivity index (χ3v) is 7.00. The van der Waals surface area contributed by atoms with E-state index in [0.29, 0.717) is 22.0 Å².